The summed E-state index contributed by atoms with van der Waals surface area (Å²) in [4.78, 5) is 26.3. The Bertz CT molecular complexity index is 1040. The van der Waals surface area contributed by atoms with Gasteiger partial charge in [-0.3, -0.25) is 4.79 Å². The Morgan fingerprint density at radius 3 is 2.57 bits per heavy atom. The highest BCUT2D eigenvalue weighted by atomic mass is 19.1. The van der Waals surface area contributed by atoms with E-state index in [1.807, 2.05) is 18.2 Å². The fraction of sp³-hybridized carbons (Fsp3) is 0.217. The summed E-state index contributed by atoms with van der Waals surface area (Å²) in [6.45, 7) is 0.839. The van der Waals surface area contributed by atoms with E-state index in [2.05, 4.69) is 6.07 Å². The minimum atomic E-state index is -0.714. The summed E-state index contributed by atoms with van der Waals surface area (Å²) in [6.07, 6.45) is 0.783. The van der Waals surface area contributed by atoms with Crippen molar-refractivity contribution in [1.29, 1.82) is 0 Å². The molecule has 0 N–H and O–H groups in total. The molecule has 2 heterocycles. The van der Waals surface area contributed by atoms with Crippen molar-refractivity contribution in [2.75, 3.05) is 13.2 Å². The Labute approximate surface area is 172 Å². The topological polar surface area (TPSA) is 69.0 Å². The van der Waals surface area contributed by atoms with Crippen LogP contribution >= 0.6 is 0 Å². The number of hydrogen-bond acceptors (Lipinski definition) is 5. The van der Waals surface area contributed by atoms with E-state index in [4.69, 9.17) is 13.9 Å². The van der Waals surface area contributed by atoms with Gasteiger partial charge in [0.15, 0.2) is 6.61 Å². The van der Waals surface area contributed by atoms with E-state index in [9.17, 15) is 14.0 Å². The second kappa shape index (κ2) is 8.82. The molecule has 2 aromatic carbocycles. The average molecular weight is 409 g/mol. The van der Waals surface area contributed by atoms with Crippen LogP contribution in [0.2, 0.25) is 0 Å². The fourth-order valence-corrected chi connectivity index (χ4v) is 3.25. The maximum atomic E-state index is 12.9. The molecule has 0 aliphatic carbocycles. The lowest BCUT2D eigenvalue weighted by Gasteiger charge is -2.28. The Kier molecular flexibility index (Phi) is 5.79. The number of hydrogen-bond donors (Lipinski definition) is 0. The number of nitrogens with zero attached hydrogens (tertiary/aromatic N) is 1. The highest BCUT2D eigenvalue weighted by Crippen LogP contribution is 2.19. The zero-order valence-electron chi connectivity index (χ0n) is 16.2. The predicted molar refractivity (Wildman–Crippen MR) is 105 cm³/mol. The minimum absolute atomic E-state index is 0.00973. The van der Waals surface area contributed by atoms with Crippen molar-refractivity contribution in [3.05, 3.63) is 89.1 Å². The first kappa shape index (κ1) is 19.7. The average Bonchev–Trinajstić information content (AvgIpc) is 3.26. The normalized spacial score (nSPS) is 12.9. The number of carbonyl (C=O) groups is 2. The fourth-order valence-electron chi connectivity index (χ4n) is 3.25. The quantitative estimate of drug-likeness (QED) is 0.580. The van der Waals surface area contributed by atoms with E-state index >= 15 is 0 Å². The molecule has 0 spiro atoms. The van der Waals surface area contributed by atoms with Gasteiger partial charge in [-0.1, -0.05) is 24.3 Å². The van der Waals surface area contributed by atoms with Crippen molar-refractivity contribution in [3.63, 3.8) is 0 Å². The largest absolute Gasteiger partial charge is 0.486 e. The second-order valence-corrected chi connectivity index (χ2v) is 6.92. The maximum Gasteiger partial charge on any atom is 0.374 e. The van der Waals surface area contributed by atoms with E-state index in [0.717, 1.165) is 12.0 Å². The van der Waals surface area contributed by atoms with Crippen molar-refractivity contribution < 1.29 is 27.9 Å². The number of carbonyl (C=O) groups excluding carboxylic acids is 2. The van der Waals surface area contributed by atoms with E-state index in [1.54, 1.807) is 11.0 Å². The van der Waals surface area contributed by atoms with Gasteiger partial charge in [0.1, 0.15) is 23.9 Å². The molecule has 4 rings (SSSR count). The third-order valence-corrected chi connectivity index (χ3v) is 4.87. The van der Waals surface area contributed by atoms with Crippen molar-refractivity contribution in [3.8, 4) is 5.75 Å². The molecular weight excluding hydrogens is 389 g/mol. The Balaban J connectivity index is 1.26. The first-order valence-corrected chi connectivity index (χ1v) is 9.57. The summed E-state index contributed by atoms with van der Waals surface area (Å²) in [5.41, 5.74) is 2.35. The smallest absolute Gasteiger partial charge is 0.374 e. The van der Waals surface area contributed by atoms with Crippen LogP contribution in [0.4, 0.5) is 4.39 Å². The lowest BCUT2D eigenvalue weighted by atomic mass is 10.00. The molecule has 7 heteroatoms. The molecule has 0 saturated heterocycles. The summed E-state index contributed by atoms with van der Waals surface area (Å²) in [5, 5.41) is 0. The van der Waals surface area contributed by atoms with Crippen LogP contribution in [-0.4, -0.2) is 29.9 Å². The first-order chi connectivity index (χ1) is 14.6. The Hall–Kier alpha value is -3.61. The molecule has 0 atom stereocenters. The molecule has 0 fully saturated rings. The van der Waals surface area contributed by atoms with Crippen LogP contribution in [0.15, 0.2) is 65.1 Å². The van der Waals surface area contributed by atoms with Crippen LogP contribution in [0, 0.1) is 5.82 Å². The lowest BCUT2D eigenvalue weighted by Crippen LogP contribution is -2.38. The van der Waals surface area contributed by atoms with Crippen LogP contribution in [-0.2, 0) is 29.1 Å². The molecule has 1 aromatic heterocycles. The molecule has 1 aliphatic rings. The number of ether oxygens (including phenoxy) is 2. The van der Waals surface area contributed by atoms with Gasteiger partial charge in [0.2, 0.25) is 5.76 Å². The molecule has 30 heavy (non-hydrogen) atoms. The van der Waals surface area contributed by atoms with Crippen LogP contribution < -0.4 is 4.74 Å². The van der Waals surface area contributed by atoms with E-state index < -0.39 is 5.97 Å². The third kappa shape index (κ3) is 4.68. The van der Waals surface area contributed by atoms with Crippen LogP contribution in [0.25, 0.3) is 0 Å². The number of fused-ring (bicyclic) bond motifs is 1. The molecule has 1 amide bonds. The molecule has 0 radical (unpaired) electrons. The number of benzene rings is 2. The van der Waals surface area contributed by atoms with Crippen molar-refractivity contribution in [1.82, 2.24) is 4.90 Å². The van der Waals surface area contributed by atoms with Gasteiger partial charge in [-0.2, -0.15) is 0 Å². The molecular formula is C23H20FNO5. The first-order valence-electron chi connectivity index (χ1n) is 9.57. The summed E-state index contributed by atoms with van der Waals surface area (Å²) < 4.78 is 28.9. The van der Waals surface area contributed by atoms with Crippen molar-refractivity contribution in [2.24, 2.45) is 0 Å². The summed E-state index contributed by atoms with van der Waals surface area (Å²) >= 11 is 0. The van der Waals surface area contributed by atoms with Gasteiger partial charge in [-0.15, -0.1) is 0 Å². The van der Waals surface area contributed by atoms with Gasteiger partial charge in [-0.05, 0) is 53.9 Å². The zero-order chi connectivity index (χ0) is 20.9. The highest BCUT2D eigenvalue weighted by Gasteiger charge is 2.22. The van der Waals surface area contributed by atoms with Gasteiger partial charge in [0, 0.05) is 13.1 Å². The van der Waals surface area contributed by atoms with Gasteiger partial charge >= 0.3 is 5.97 Å². The Morgan fingerprint density at radius 2 is 1.77 bits per heavy atom. The summed E-state index contributed by atoms with van der Waals surface area (Å²) in [5.74, 6) is -0.438. The van der Waals surface area contributed by atoms with Gasteiger partial charge in [0.05, 0.1) is 0 Å². The number of furan rings is 1. The number of esters is 1. The monoisotopic (exact) mass is 409 g/mol. The molecule has 0 bridgehead atoms. The molecule has 0 unspecified atom stereocenters. The zero-order valence-corrected chi connectivity index (χ0v) is 16.2. The van der Waals surface area contributed by atoms with E-state index in [1.165, 1.54) is 35.9 Å². The maximum absolute atomic E-state index is 12.9. The highest BCUT2D eigenvalue weighted by molar-refractivity contribution is 5.88. The van der Waals surface area contributed by atoms with Crippen LogP contribution in [0.1, 0.15) is 27.4 Å². The van der Waals surface area contributed by atoms with Crippen LogP contribution in [0.3, 0.4) is 0 Å². The Morgan fingerprint density at radius 1 is 1.00 bits per heavy atom. The standard InChI is InChI=1S/C23H20FNO5/c24-18-5-7-19(8-6-18)28-14-20-9-10-21(30-20)23(27)29-15-22(26)25-12-11-16-3-1-2-4-17(16)13-25/h1-10H,11-15H2. The third-order valence-electron chi connectivity index (χ3n) is 4.87. The van der Waals surface area contributed by atoms with Gasteiger partial charge in [-0.25, -0.2) is 9.18 Å². The summed E-state index contributed by atoms with van der Waals surface area (Å²) in [7, 11) is 0. The predicted octanol–water partition coefficient (Wildman–Crippen LogP) is 3.74. The molecule has 3 aromatic rings. The van der Waals surface area contributed by atoms with Crippen LogP contribution in [0.5, 0.6) is 5.75 Å². The molecule has 0 saturated carbocycles. The lowest BCUT2D eigenvalue weighted by molar-refractivity contribution is -0.135. The van der Waals surface area contributed by atoms with Crippen molar-refractivity contribution in [2.45, 2.75) is 19.6 Å². The number of halogens is 1. The molecule has 1 aliphatic heterocycles. The van der Waals surface area contributed by atoms with Gasteiger partial charge < -0.3 is 18.8 Å². The summed E-state index contributed by atoms with van der Waals surface area (Å²) in [6, 6.07) is 16.6. The van der Waals surface area contributed by atoms with E-state index in [0.29, 0.717) is 24.6 Å². The van der Waals surface area contributed by atoms with Crippen molar-refractivity contribution >= 4 is 11.9 Å². The molecule has 154 valence electrons. The molecule has 6 nitrogen and oxygen atoms in total. The van der Waals surface area contributed by atoms with Gasteiger partial charge in [0.25, 0.3) is 5.91 Å². The second-order valence-electron chi connectivity index (χ2n) is 6.92. The number of amides is 1. The number of rotatable bonds is 6. The minimum Gasteiger partial charge on any atom is -0.486 e. The SMILES string of the molecule is O=C(OCC(=O)N1CCc2ccccc2C1)c1ccc(COc2ccc(F)cc2)o1. The van der Waals surface area contributed by atoms with E-state index in [-0.39, 0.29) is 30.7 Å².